The van der Waals surface area contributed by atoms with Crippen molar-refractivity contribution in [3.05, 3.63) is 227 Å². The smallest absolute Gasteiger partial charge is 0.0350 e. The van der Waals surface area contributed by atoms with E-state index in [1.165, 1.54) is 33.4 Å². The maximum atomic E-state index is 4.34. The lowest BCUT2D eigenvalue weighted by Crippen LogP contribution is -1.93. The maximum Gasteiger partial charge on any atom is 0.0350 e. The zero-order valence-electron chi connectivity index (χ0n) is 32.2. The molecule has 0 aromatic heterocycles. The lowest BCUT2D eigenvalue weighted by atomic mass is 9.90. The number of benzene rings is 3. The fourth-order valence-electron chi connectivity index (χ4n) is 5.93. The molecular weight excluding hydrogens is 637 g/mol. The summed E-state index contributed by atoms with van der Waals surface area (Å²) in [4.78, 5) is 0. The van der Waals surface area contributed by atoms with Crippen LogP contribution in [0, 0.1) is 11.8 Å². The highest BCUT2D eigenvalue weighted by atomic mass is 14.2. The van der Waals surface area contributed by atoms with Gasteiger partial charge in [-0.1, -0.05) is 196 Å². The average Bonchev–Trinajstić information content (AvgIpc) is 3.20. The summed E-state index contributed by atoms with van der Waals surface area (Å²) in [7, 11) is 0. The van der Waals surface area contributed by atoms with Gasteiger partial charge in [-0.05, 0) is 119 Å². The van der Waals surface area contributed by atoms with Gasteiger partial charge in [-0.25, -0.2) is 0 Å². The fourth-order valence-corrected chi connectivity index (χ4v) is 5.93. The second-order valence-electron chi connectivity index (χ2n) is 12.5. The molecule has 0 fully saturated rings. The average molecular weight is 689 g/mol. The summed E-state index contributed by atoms with van der Waals surface area (Å²) < 4.78 is 0. The number of allylic oxidation sites excluding steroid dienone is 24. The summed E-state index contributed by atoms with van der Waals surface area (Å²) in [6.45, 7) is 16.8. The second kappa shape index (κ2) is 21.3. The number of rotatable bonds is 7. The Labute approximate surface area is 319 Å². The van der Waals surface area contributed by atoms with Gasteiger partial charge in [-0.15, -0.1) is 0 Å². The Kier molecular flexibility index (Phi) is 15.9. The van der Waals surface area contributed by atoms with Crippen molar-refractivity contribution < 1.29 is 0 Å². The SMILES string of the molecule is C=C1\C=C/C=C\C(=C/C=C\C=C\C)c2cc(/C=C\C(=C/C)c3cccc(C4=C(C)/C=C\C(C)=C/C=C/C#CC/C(c5ccccc5)=C\4)c3)ccc21.CC. The van der Waals surface area contributed by atoms with E-state index in [1.807, 2.05) is 51.2 Å². The van der Waals surface area contributed by atoms with E-state index in [2.05, 4.69) is 191 Å². The molecule has 0 N–H and O–H groups in total. The first-order chi connectivity index (χ1) is 26.0. The van der Waals surface area contributed by atoms with Crippen LogP contribution in [0.4, 0.5) is 0 Å². The number of hydrogen-bond donors (Lipinski definition) is 0. The Morgan fingerprint density at radius 2 is 1.55 bits per heavy atom. The van der Waals surface area contributed by atoms with E-state index < -0.39 is 0 Å². The Morgan fingerprint density at radius 1 is 0.755 bits per heavy atom. The first-order valence-corrected chi connectivity index (χ1v) is 18.6. The third-order valence-corrected chi connectivity index (χ3v) is 8.75. The molecule has 3 aromatic rings. The van der Waals surface area contributed by atoms with Crippen molar-refractivity contribution >= 4 is 33.9 Å². The molecule has 3 aromatic carbocycles. The van der Waals surface area contributed by atoms with Gasteiger partial charge >= 0.3 is 0 Å². The molecule has 0 saturated heterocycles. The molecule has 0 unspecified atom stereocenters. The molecule has 0 saturated carbocycles. The molecule has 0 spiro atoms. The summed E-state index contributed by atoms with van der Waals surface area (Å²) in [6, 6.07) is 26.1. The fraction of sp³-hybridized carbons (Fsp3) is 0.132. The zero-order valence-corrected chi connectivity index (χ0v) is 32.2. The standard InChI is InChI=1S/C51H46.C2H6/c1-6-8-9-14-25-45-26-19-18-22-40(4)49-35-33-42(36-51(45)49)32-34-43(7-2)46-28-20-29-48(37-46)50-38-47(44-23-16-12-17-24-44)27-15-11-10-13-21-39(3)30-31-41(50)5;1-2/h6-10,12-14,16-26,28-38H,4,27H2,1-3,5H3;1-2H3/b8-6+,13-10+,14-9-,22-18-,26-19-,31-30-,34-32-,39-21-,43-7+,45-25+,47-38+,50-41+;. The summed E-state index contributed by atoms with van der Waals surface area (Å²) in [6.07, 6.45) is 38.7. The molecule has 0 heterocycles. The van der Waals surface area contributed by atoms with Gasteiger partial charge in [0.05, 0.1) is 0 Å². The van der Waals surface area contributed by atoms with Gasteiger partial charge in [0, 0.05) is 6.42 Å². The maximum absolute atomic E-state index is 4.34. The van der Waals surface area contributed by atoms with Crippen LogP contribution in [0.2, 0.25) is 0 Å². The van der Waals surface area contributed by atoms with Crippen LogP contribution in [-0.2, 0) is 0 Å². The first kappa shape index (κ1) is 39.6. The third kappa shape index (κ3) is 11.7. The molecule has 0 amide bonds. The molecule has 2 aliphatic carbocycles. The minimum atomic E-state index is 0.656. The Bertz CT molecular complexity index is 2190. The van der Waals surface area contributed by atoms with Crippen LogP contribution in [0.15, 0.2) is 194 Å². The molecule has 0 atom stereocenters. The molecule has 0 heteroatoms. The second-order valence-corrected chi connectivity index (χ2v) is 12.5. The van der Waals surface area contributed by atoms with Crippen molar-refractivity contribution in [3.63, 3.8) is 0 Å². The highest BCUT2D eigenvalue weighted by Gasteiger charge is 2.11. The summed E-state index contributed by atoms with van der Waals surface area (Å²) in [5.74, 6) is 6.59. The Balaban J connectivity index is 0.00000308. The largest absolute Gasteiger partial charge is 0.0937 e. The Morgan fingerprint density at radius 3 is 2.34 bits per heavy atom. The van der Waals surface area contributed by atoms with Crippen LogP contribution in [0.25, 0.3) is 33.9 Å². The quantitative estimate of drug-likeness (QED) is 0.171. The topological polar surface area (TPSA) is 0 Å². The van der Waals surface area contributed by atoms with E-state index in [0.717, 1.165) is 39.0 Å². The van der Waals surface area contributed by atoms with Crippen LogP contribution in [0.1, 0.15) is 81.3 Å². The van der Waals surface area contributed by atoms with Crippen molar-refractivity contribution in [2.45, 2.75) is 48.0 Å². The van der Waals surface area contributed by atoms with Crippen LogP contribution < -0.4 is 0 Å². The van der Waals surface area contributed by atoms with Crippen molar-refractivity contribution in [3.8, 4) is 11.8 Å². The van der Waals surface area contributed by atoms with Gasteiger partial charge in [-0.3, -0.25) is 0 Å². The number of hydrogen-bond acceptors (Lipinski definition) is 0. The van der Waals surface area contributed by atoms with E-state index >= 15 is 0 Å². The molecule has 0 aliphatic heterocycles. The zero-order chi connectivity index (χ0) is 37.8. The molecule has 53 heavy (non-hydrogen) atoms. The first-order valence-electron chi connectivity index (χ1n) is 18.6. The minimum absolute atomic E-state index is 0.656. The summed E-state index contributed by atoms with van der Waals surface area (Å²) in [5.41, 5.74) is 15.0. The minimum Gasteiger partial charge on any atom is -0.0937 e. The number of fused-ring (bicyclic) bond motifs is 1. The van der Waals surface area contributed by atoms with Crippen LogP contribution in [0.5, 0.6) is 0 Å². The predicted molar refractivity (Wildman–Crippen MR) is 238 cm³/mol. The van der Waals surface area contributed by atoms with Gasteiger partial charge in [0.25, 0.3) is 0 Å². The lowest BCUT2D eigenvalue weighted by Gasteiger charge is -2.14. The highest BCUT2D eigenvalue weighted by molar-refractivity contribution is 5.91. The molecule has 264 valence electrons. The van der Waals surface area contributed by atoms with E-state index in [0.29, 0.717) is 6.42 Å². The molecular formula is C53H52. The van der Waals surface area contributed by atoms with Crippen molar-refractivity contribution in [1.29, 1.82) is 0 Å². The third-order valence-electron chi connectivity index (χ3n) is 8.75. The van der Waals surface area contributed by atoms with Crippen LogP contribution in [0.3, 0.4) is 0 Å². The van der Waals surface area contributed by atoms with Gasteiger partial charge in [0.15, 0.2) is 0 Å². The molecule has 5 rings (SSSR count). The van der Waals surface area contributed by atoms with Gasteiger partial charge in [0.2, 0.25) is 0 Å². The van der Waals surface area contributed by atoms with Crippen LogP contribution >= 0.6 is 0 Å². The highest BCUT2D eigenvalue weighted by Crippen LogP contribution is 2.32. The van der Waals surface area contributed by atoms with Gasteiger partial charge in [-0.2, -0.15) is 0 Å². The Hall–Kier alpha value is -6.16. The predicted octanol–water partition coefficient (Wildman–Crippen LogP) is 14.8. The van der Waals surface area contributed by atoms with Crippen molar-refractivity contribution in [2.75, 3.05) is 0 Å². The van der Waals surface area contributed by atoms with E-state index in [-0.39, 0.29) is 0 Å². The van der Waals surface area contributed by atoms with Crippen LogP contribution in [-0.4, -0.2) is 0 Å². The summed E-state index contributed by atoms with van der Waals surface area (Å²) >= 11 is 0. The lowest BCUT2D eigenvalue weighted by molar-refractivity contribution is 1.42. The van der Waals surface area contributed by atoms with E-state index in [9.17, 15) is 0 Å². The molecule has 0 bridgehead atoms. The van der Waals surface area contributed by atoms with Crippen molar-refractivity contribution in [2.24, 2.45) is 0 Å². The van der Waals surface area contributed by atoms with Gasteiger partial charge < -0.3 is 0 Å². The van der Waals surface area contributed by atoms with Gasteiger partial charge in [0.1, 0.15) is 0 Å². The normalized spacial score (nSPS) is 21.6. The molecule has 0 nitrogen and oxygen atoms in total. The van der Waals surface area contributed by atoms with E-state index in [4.69, 9.17) is 0 Å². The molecule has 2 aliphatic rings. The van der Waals surface area contributed by atoms with Crippen molar-refractivity contribution in [1.82, 2.24) is 0 Å². The van der Waals surface area contributed by atoms with E-state index in [1.54, 1.807) is 0 Å². The summed E-state index contributed by atoms with van der Waals surface area (Å²) in [5, 5.41) is 0. The monoisotopic (exact) mass is 688 g/mol. The molecule has 0 radical (unpaired) electrons.